The van der Waals surface area contributed by atoms with E-state index in [1.54, 1.807) is 0 Å². The second-order valence-corrected chi connectivity index (χ2v) is 4.79. The van der Waals surface area contributed by atoms with Crippen molar-refractivity contribution in [2.75, 3.05) is 5.32 Å². The van der Waals surface area contributed by atoms with Gasteiger partial charge in [-0.1, -0.05) is 25.7 Å². The first-order valence-electron chi connectivity index (χ1n) is 6.52. The third kappa shape index (κ3) is 3.41. The van der Waals surface area contributed by atoms with E-state index in [1.807, 2.05) is 6.07 Å². The number of aromatic nitrogens is 1. The van der Waals surface area contributed by atoms with Crippen LogP contribution in [0.2, 0.25) is 0 Å². The number of pyridine rings is 1. The molecule has 6 heteroatoms. The van der Waals surface area contributed by atoms with E-state index in [2.05, 4.69) is 10.3 Å². The number of rotatable bonds is 3. The van der Waals surface area contributed by atoms with Crippen molar-refractivity contribution in [3.8, 4) is 6.07 Å². The molecule has 1 heterocycles. The van der Waals surface area contributed by atoms with E-state index in [0.717, 1.165) is 12.8 Å². The number of nitro groups is 1. The maximum absolute atomic E-state index is 10.7. The van der Waals surface area contributed by atoms with Crippen LogP contribution in [-0.2, 0) is 0 Å². The third-order valence-corrected chi connectivity index (χ3v) is 3.40. The summed E-state index contributed by atoms with van der Waals surface area (Å²) in [5, 5.41) is 23.0. The molecule has 100 valence electrons. The molecule has 6 nitrogen and oxygen atoms in total. The van der Waals surface area contributed by atoms with E-state index in [0.29, 0.717) is 11.9 Å². The highest BCUT2D eigenvalue weighted by Gasteiger charge is 2.16. The first-order chi connectivity index (χ1) is 9.20. The Morgan fingerprint density at radius 3 is 2.63 bits per heavy atom. The minimum Gasteiger partial charge on any atom is -0.366 e. The fourth-order valence-corrected chi connectivity index (χ4v) is 2.37. The Hall–Kier alpha value is -2.16. The van der Waals surface area contributed by atoms with Gasteiger partial charge >= 0.3 is 0 Å². The number of nitrogens with one attached hydrogen (secondary N) is 1. The van der Waals surface area contributed by atoms with Crippen molar-refractivity contribution in [3.63, 3.8) is 0 Å². The smallest absolute Gasteiger partial charge is 0.289 e. The molecule has 1 saturated carbocycles. The molecule has 1 aliphatic carbocycles. The zero-order valence-electron chi connectivity index (χ0n) is 10.6. The summed E-state index contributed by atoms with van der Waals surface area (Å²) in [5.74, 6) is 0.458. The fraction of sp³-hybridized carbons (Fsp3) is 0.538. The first-order valence-corrected chi connectivity index (χ1v) is 6.52. The van der Waals surface area contributed by atoms with Crippen LogP contribution in [0.25, 0.3) is 0 Å². The standard InChI is InChI=1S/C13H16N4O2/c14-8-10-7-12(17(18)19)9-15-13(10)16-11-5-3-1-2-4-6-11/h7,9,11H,1-6H2,(H,15,16). The second-order valence-electron chi connectivity index (χ2n) is 4.79. The lowest BCUT2D eigenvalue weighted by Gasteiger charge is -2.17. The van der Waals surface area contributed by atoms with Gasteiger partial charge in [0.1, 0.15) is 23.6 Å². The summed E-state index contributed by atoms with van der Waals surface area (Å²) in [6, 6.07) is 3.55. The maximum Gasteiger partial charge on any atom is 0.289 e. The van der Waals surface area contributed by atoms with Gasteiger partial charge in [-0.25, -0.2) is 4.98 Å². The molecule has 1 aliphatic rings. The minimum absolute atomic E-state index is 0.150. The van der Waals surface area contributed by atoms with Gasteiger partial charge in [0.2, 0.25) is 0 Å². The summed E-state index contributed by atoms with van der Waals surface area (Å²) in [7, 11) is 0. The summed E-state index contributed by atoms with van der Waals surface area (Å²) in [4.78, 5) is 14.1. The van der Waals surface area contributed by atoms with E-state index in [4.69, 9.17) is 5.26 Å². The Balaban J connectivity index is 2.15. The summed E-state index contributed by atoms with van der Waals surface area (Å²) in [6.45, 7) is 0. The van der Waals surface area contributed by atoms with E-state index >= 15 is 0 Å². The Morgan fingerprint density at radius 2 is 2.05 bits per heavy atom. The largest absolute Gasteiger partial charge is 0.366 e. The normalized spacial score (nSPS) is 16.4. The summed E-state index contributed by atoms with van der Waals surface area (Å²) >= 11 is 0. The summed E-state index contributed by atoms with van der Waals surface area (Å²) in [6.07, 6.45) is 8.15. The molecule has 0 radical (unpaired) electrons. The van der Waals surface area contributed by atoms with E-state index < -0.39 is 4.92 Å². The lowest BCUT2D eigenvalue weighted by atomic mass is 10.1. The quantitative estimate of drug-likeness (QED) is 0.512. The van der Waals surface area contributed by atoms with Gasteiger partial charge in [-0.05, 0) is 12.8 Å². The van der Waals surface area contributed by atoms with Crippen molar-refractivity contribution in [3.05, 3.63) is 27.9 Å². The average Bonchev–Trinajstić information content (AvgIpc) is 2.67. The monoisotopic (exact) mass is 260 g/mol. The van der Waals surface area contributed by atoms with Crippen LogP contribution in [0.15, 0.2) is 12.3 Å². The lowest BCUT2D eigenvalue weighted by molar-refractivity contribution is -0.385. The molecule has 1 fully saturated rings. The van der Waals surface area contributed by atoms with Crippen molar-refractivity contribution in [1.82, 2.24) is 4.98 Å². The predicted octanol–water partition coefficient (Wildman–Crippen LogP) is 3.00. The molecule has 0 atom stereocenters. The number of nitriles is 1. The first kappa shape index (κ1) is 13.3. The summed E-state index contributed by atoms with van der Waals surface area (Å²) < 4.78 is 0. The highest BCUT2D eigenvalue weighted by Crippen LogP contribution is 2.23. The highest BCUT2D eigenvalue weighted by molar-refractivity contribution is 5.55. The molecule has 0 aliphatic heterocycles. The molecular formula is C13H16N4O2. The molecule has 0 bridgehead atoms. The van der Waals surface area contributed by atoms with Gasteiger partial charge in [-0.15, -0.1) is 0 Å². The number of nitrogens with zero attached hydrogens (tertiary/aromatic N) is 3. The van der Waals surface area contributed by atoms with Gasteiger partial charge in [-0.2, -0.15) is 5.26 Å². The molecule has 0 amide bonds. The molecule has 19 heavy (non-hydrogen) atoms. The fourth-order valence-electron chi connectivity index (χ4n) is 2.37. The Morgan fingerprint density at radius 1 is 1.37 bits per heavy atom. The Kier molecular flexibility index (Phi) is 4.29. The SMILES string of the molecule is N#Cc1cc([N+](=O)[O-])cnc1NC1CCCCCC1. The van der Waals surface area contributed by atoms with Crippen molar-refractivity contribution in [2.45, 2.75) is 44.6 Å². The maximum atomic E-state index is 10.7. The Bertz CT molecular complexity index is 502. The van der Waals surface area contributed by atoms with Crippen LogP contribution in [0, 0.1) is 21.4 Å². The molecule has 0 aromatic carbocycles. The highest BCUT2D eigenvalue weighted by atomic mass is 16.6. The van der Waals surface area contributed by atoms with E-state index in [1.165, 1.54) is 37.9 Å². The number of hydrogen-bond acceptors (Lipinski definition) is 5. The lowest BCUT2D eigenvalue weighted by Crippen LogP contribution is -2.19. The second kappa shape index (κ2) is 6.14. The molecular weight excluding hydrogens is 244 g/mol. The number of hydrogen-bond donors (Lipinski definition) is 1. The molecule has 1 aromatic heterocycles. The van der Waals surface area contributed by atoms with Gasteiger partial charge < -0.3 is 5.32 Å². The van der Waals surface area contributed by atoms with Crippen LogP contribution in [-0.4, -0.2) is 15.9 Å². The minimum atomic E-state index is -0.538. The summed E-state index contributed by atoms with van der Waals surface area (Å²) in [5.41, 5.74) is 0.0846. The van der Waals surface area contributed by atoms with Crippen molar-refractivity contribution in [2.24, 2.45) is 0 Å². The van der Waals surface area contributed by atoms with Crippen molar-refractivity contribution >= 4 is 11.5 Å². The molecule has 2 rings (SSSR count). The topological polar surface area (TPSA) is 91.8 Å². The van der Waals surface area contributed by atoms with E-state index in [-0.39, 0.29) is 11.3 Å². The zero-order chi connectivity index (χ0) is 13.7. The third-order valence-electron chi connectivity index (χ3n) is 3.40. The molecule has 1 N–H and O–H groups in total. The van der Waals surface area contributed by atoms with Crippen molar-refractivity contribution < 1.29 is 4.92 Å². The van der Waals surface area contributed by atoms with Crippen LogP contribution >= 0.6 is 0 Å². The van der Waals surface area contributed by atoms with Crippen LogP contribution < -0.4 is 5.32 Å². The van der Waals surface area contributed by atoms with Crippen molar-refractivity contribution in [1.29, 1.82) is 5.26 Å². The average molecular weight is 260 g/mol. The zero-order valence-corrected chi connectivity index (χ0v) is 10.6. The van der Waals surface area contributed by atoms with Crippen LogP contribution in [0.4, 0.5) is 11.5 Å². The van der Waals surface area contributed by atoms with Gasteiger partial charge in [-0.3, -0.25) is 10.1 Å². The van der Waals surface area contributed by atoms with Gasteiger partial charge in [0.05, 0.1) is 4.92 Å². The predicted molar refractivity (Wildman–Crippen MR) is 70.7 cm³/mol. The molecule has 0 saturated heterocycles. The van der Waals surface area contributed by atoms with E-state index in [9.17, 15) is 10.1 Å². The van der Waals surface area contributed by atoms with Crippen LogP contribution in [0.1, 0.15) is 44.1 Å². The van der Waals surface area contributed by atoms with Gasteiger partial charge in [0.15, 0.2) is 0 Å². The molecule has 1 aromatic rings. The molecule has 0 spiro atoms. The van der Waals surface area contributed by atoms with Crippen LogP contribution in [0.5, 0.6) is 0 Å². The Labute approximate surface area is 111 Å². The number of anilines is 1. The molecule has 0 unspecified atom stereocenters. The van der Waals surface area contributed by atoms with Gasteiger partial charge in [0.25, 0.3) is 5.69 Å². The van der Waals surface area contributed by atoms with Gasteiger partial charge in [0, 0.05) is 12.1 Å². The van der Waals surface area contributed by atoms with Crippen LogP contribution in [0.3, 0.4) is 0 Å².